The summed E-state index contributed by atoms with van der Waals surface area (Å²) in [5.74, 6) is 1.74. The molecule has 2 fully saturated rings. The van der Waals surface area contributed by atoms with Crippen LogP contribution in [0.2, 0.25) is 0 Å². The Morgan fingerprint density at radius 2 is 1.92 bits per heavy atom. The van der Waals surface area contributed by atoms with Crippen LogP contribution in [0, 0.1) is 11.3 Å². The SMILES string of the molecule is N#Cc1nc(C2CC2)oc1N1CCN(C[C@H](O)c2ccccc2)CC1. The summed E-state index contributed by atoms with van der Waals surface area (Å²) in [5.41, 5.74) is 1.35. The van der Waals surface area contributed by atoms with Crippen molar-refractivity contribution in [3.63, 3.8) is 0 Å². The minimum absolute atomic E-state index is 0.402. The van der Waals surface area contributed by atoms with Gasteiger partial charge in [-0.15, -0.1) is 0 Å². The number of nitrogens with zero attached hydrogens (tertiary/aromatic N) is 4. The van der Waals surface area contributed by atoms with Crippen molar-refractivity contribution in [1.82, 2.24) is 9.88 Å². The molecule has 6 nitrogen and oxygen atoms in total. The second-order valence-corrected chi connectivity index (χ2v) is 6.81. The molecule has 1 aromatic heterocycles. The molecule has 0 unspecified atom stereocenters. The van der Waals surface area contributed by atoms with Crippen LogP contribution >= 0.6 is 0 Å². The minimum atomic E-state index is -0.478. The fourth-order valence-electron chi connectivity index (χ4n) is 3.28. The van der Waals surface area contributed by atoms with Crippen LogP contribution < -0.4 is 4.90 Å². The fourth-order valence-corrected chi connectivity index (χ4v) is 3.28. The molecule has 2 heterocycles. The lowest BCUT2D eigenvalue weighted by Crippen LogP contribution is -2.47. The molecule has 0 bridgehead atoms. The first-order valence-electron chi connectivity index (χ1n) is 8.85. The number of hydrogen-bond donors (Lipinski definition) is 1. The highest BCUT2D eigenvalue weighted by Gasteiger charge is 2.32. The number of oxazole rings is 1. The average molecular weight is 338 g/mol. The van der Waals surface area contributed by atoms with Gasteiger partial charge in [-0.3, -0.25) is 4.90 Å². The molecule has 2 aliphatic rings. The summed E-state index contributed by atoms with van der Waals surface area (Å²) in [7, 11) is 0. The summed E-state index contributed by atoms with van der Waals surface area (Å²) in [6, 6.07) is 11.9. The maximum Gasteiger partial charge on any atom is 0.234 e. The van der Waals surface area contributed by atoms with Crippen LogP contribution in [0.1, 0.15) is 42.0 Å². The Balaban J connectivity index is 1.36. The zero-order chi connectivity index (χ0) is 17.2. The van der Waals surface area contributed by atoms with Crippen molar-refractivity contribution in [3.05, 3.63) is 47.5 Å². The molecule has 4 rings (SSSR count). The summed E-state index contributed by atoms with van der Waals surface area (Å²) in [4.78, 5) is 8.70. The molecular weight excluding hydrogens is 316 g/mol. The number of nitriles is 1. The van der Waals surface area contributed by atoms with E-state index in [2.05, 4.69) is 20.9 Å². The van der Waals surface area contributed by atoms with Crippen molar-refractivity contribution in [2.75, 3.05) is 37.6 Å². The van der Waals surface area contributed by atoms with Gasteiger partial charge < -0.3 is 14.4 Å². The number of benzene rings is 1. The highest BCUT2D eigenvalue weighted by Crippen LogP contribution is 2.41. The van der Waals surface area contributed by atoms with E-state index in [0.717, 1.165) is 44.6 Å². The predicted octanol–water partition coefficient (Wildman–Crippen LogP) is 2.28. The van der Waals surface area contributed by atoms with Crippen molar-refractivity contribution in [2.24, 2.45) is 0 Å². The zero-order valence-corrected chi connectivity index (χ0v) is 14.1. The maximum atomic E-state index is 10.4. The Morgan fingerprint density at radius 1 is 1.20 bits per heavy atom. The third kappa shape index (κ3) is 3.53. The quantitative estimate of drug-likeness (QED) is 0.901. The first-order chi connectivity index (χ1) is 12.2. The van der Waals surface area contributed by atoms with E-state index in [4.69, 9.17) is 4.42 Å². The molecule has 0 amide bonds. The van der Waals surface area contributed by atoms with Crippen molar-refractivity contribution in [3.8, 4) is 6.07 Å². The van der Waals surface area contributed by atoms with Crippen molar-refractivity contribution < 1.29 is 9.52 Å². The third-order valence-electron chi connectivity index (χ3n) is 4.93. The van der Waals surface area contributed by atoms with E-state index in [1.165, 1.54) is 0 Å². The van der Waals surface area contributed by atoms with Gasteiger partial charge in [-0.1, -0.05) is 30.3 Å². The van der Waals surface area contributed by atoms with E-state index in [9.17, 15) is 10.4 Å². The normalized spacial score (nSPS) is 19.6. The minimum Gasteiger partial charge on any atom is -0.423 e. The van der Waals surface area contributed by atoms with E-state index in [1.807, 2.05) is 30.3 Å². The first-order valence-corrected chi connectivity index (χ1v) is 8.85. The average Bonchev–Trinajstić information content (AvgIpc) is 3.42. The summed E-state index contributed by atoms with van der Waals surface area (Å²) in [5, 5.41) is 19.7. The smallest absolute Gasteiger partial charge is 0.234 e. The topological polar surface area (TPSA) is 76.5 Å². The van der Waals surface area contributed by atoms with Crippen molar-refractivity contribution >= 4 is 5.88 Å². The van der Waals surface area contributed by atoms with E-state index in [0.29, 0.717) is 29.9 Å². The Bertz CT molecular complexity index is 755. The molecule has 25 heavy (non-hydrogen) atoms. The molecular formula is C19H22N4O2. The molecule has 1 saturated carbocycles. The summed E-state index contributed by atoms with van der Waals surface area (Å²) in [6.07, 6.45) is 1.74. The molecule has 1 aromatic carbocycles. The standard InChI is InChI=1S/C19H22N4O2/c20-12-16-19(25-18(21-16)15-6-7-15)23-10-8-22(9-11-23)13-17(24)14-4-2-1-3-5-14/h1-5,15,17,24H,6-11,13H2/t17-/m0/s1. The number of aliphatic hydroxyl groups excluding tert-OH is 1. The molecule has 2 aromatic rings. The van der Waals surface area contributed by atoms with Crippen LogP contribution in [0.15, 0.2) is 34.7 Å². The Kier molecular flexibility index (Phi) is 4.43. The monoisotopic (exact) mass is 338 g/mol. The van der Waals surface area contributed by atoms with Gasteiger partial charge in [0, 0.05) is 38.6 Å². The molecule has 1 saturated heterocycles. The van der Waals surface area contributed by atoms with Crippen LogP contribution in [0.5, 0.6) is 0 Å². The van der Waals surface area contributed by atoms with Gasteiger partial charge in [0.2, 0.25) is 17.5 Å². The molecule has 0 radical (unpaired) electrons. The van der Waals surface area contributed by atoms with Gasteiger partial charge in [0.25, 0.3) is 0 Å². The summed E-state index contributed by atoms with van der Waals surface area (Å²) in [6.45, 7) is 3.82. The van der Waals surface area contributed by atoms with Crippen LogP contribution in [-0.2, 0) is 0 Å². The van der Waals surface area contributed by atoms with Gasteiger partial charge in [0.05, 0.1) is 6.10 Å². The van der Waals surface area contributed by atoms with Crippen LogP contribution in [0.25, 0.3) is 0 Å². The third-order valence-corrected chi connectivity index (χ3v) is 4.93. The van der Waals surface area contributed by atoms with Gasteiger partial charge in [-0.2, -0.15) is 5.26 Å². The molecule has 1 atom stereocenters. The second kappa shape index (κ2) is 6.87. The molecule has 130 valence electrons. The summed E-state index contributed by atoms with van der Waals surface area (Å²) >= 11 is 0. The van der Waals surface area contributed by atoms with Crippen molar-refractivity contribution in [1.29, 1.82) is 5.26 Å². The number of aromatic nitrogens is 1. The van der Waals surface area contributed by atoms with Crippen LogP contribution in [0.3, 0.4) is 0 Å². The van der Waals surface area contributed by atoms with Crippen LogP contribution in [0.4, 0.5) is 5.88 Å². The lowest BCUT2D eigenvalue weighted by molar-refractivity contribution is 0.109. The van der Waals surface area contributed by atoms with Gasteiger partial charge in [0.1, 0.15) is 6.07 Å². The first kappa shape index (κ1) is 16.1. The van der Waals surface area contributed by atoms with E-state index >= 15 is 0 Å². The number of hydrogen-bond acceptors (Lipinski definition) is 6. The van der Waals surface area contributed by atoms with Gasteiger partial charge in [0.15, 0.2) is 0 Å². The van der Waals surface area contributed by atoms with E-state index in [1.54, 1.807) is 0 Å². The van der Waals surface area contributed by atoms with Crippen molar-refractivity contribution in [2.45, 2.75) is 24.9 Å². The lowest BCUT2D eigenvalue weighted by atomic mass is 10.1. The fraction of sp³-hybridized carbons (Fsp3) is 0.474. The molecule has 0 spiro atoms. The van der Waals surface area contributed by atoms with Gasteiger partial charge in [-0.05, 0) is 18.4 Å². The maximum absolute atomic E-state index is 10.4. The van der Waals surface area contributed by atoms with Gasteiger partial charge in [-0.25, -0.2) is 4.98 Å². The van der Waals surface area contributed by atoms with E-state index < -0.39 is 6.10 Å². The Morgan fingerprint density at radius 3 is 2.56 bits per heavy atom. The zero-order valence-electron chi connectivity index (χ0n) is 14.1. The van der Waals surface area contributed by atoms with E-state index in [-0.39, 0.29) is 0 Å². The predicted molar refractivity (Wildman–Crippen MR) is 93.2 cm³/mol. The molecule has 1 N–H and O–H groups in total. The number of β-amino-alcohol motifs (C(OH)–C–C–N with tert-alkyl or cyclic N) is 1. The number of aliphatic hydroxyl groups is 1. The summed E-state index contributed by atoms with van der Waals surface area (Å²) < 4.78 is 5.88. The largest absolute Gasteiger partial charge is 0.423 e. The number of rotatable bonds is 5. The molecule has 1 aliphatic carbocycles. The Labute approximate surface area is 147 Å². The second-order valence-electron chi connectivity index (χ2n) is 6.81. The lowest BCUT2D eigenvalue weighted by Gasteiger charge is -2.35. The number of anilines is 1. The molecule has 6 heteroatoms. The van der Waals surface area contributed by atoms with Gasteiger partial charge >= 0.3 is 0 Å². The van der Waals surface area contributed by atoms with Crippen LogP contribution in [-0.4, -0.2) is 47.7 Å². The Hall–Kier alpha value is -2.36. The highest BCUT2D eigenvalue weighted by atomic mass is 16.4. The highest BCUT2D eigenvalue weighted by molar-refractivity contribution is 5.48. The number of piperazine rings is 1. The molecule has 1 aliphatic heterocycles.